The topological polar surface area (TPSA) is 65.1 Å². The van der Waals surface area contributed by atoms with Gasteiger partial charge >= 0.3 is 5.97 Å². The summed E-state index contributed by atoms with van der Waals surface area (Å²) in [6, 6.07) is 13.6. The molecule has 0 aliphatic carbocycles. The Kier molecular flexibility index (Phi) is 8.94. The van der Waals surface area contributed by atoms with E-state index in [4.69, 9.17) is 9.47 Å². The highest BCUT2D eigenvalue weighted by atomic mass is 16.5. The number of ether oxygens (including phenoxy) is 3. The molecule has 0 radical (unpaired) electrons. The van der Waals surface area contributed by atoms with Gasteiger partial charge in [-0.15, -0.1) is 0 Å². The summed E-state index contributed by atoms with van der Waals surface area (Å²) in [5.41, 5.74) is 2.52. The summed E-state index contributed by atoms with van der Waals surface area (Å²) in [6.07, 6.45) is 4.61. The number of amides is 1. The molecule has 0 aliphatic rings. The number of carbonyl (C=O) groups excluding carboxylic acids is 2. The van der Waals surface area contributed by atoms with Crippen LogP contribution in [-0.2, 0) is 16.0 Å². The minimum Gasteiger partial charge on any atom is -0.496 e. The average Bonchev–Trinajstić information content (AvgIpc) is 2.78. The van der Waals surface area contributed by atoms with Crippen molar-refractivity contribution < 1.29 is 23.8 Å². The predicted molar refractivity (Wildman–Crippen MR) is 116 cm³/mol. The van der Waals surface area contributed by atoms with Crippen molar-refractivity contribution in [1.82, 2.24) is 4.90 Å². The third-order valence-corrected chi connectivity index (χ3v) is 4.80. The van der Waals surface area contributed by atoms with Gasteiger partial charge in [0.25, 0.3) is 5.91 Å². The molecule has 0 heterocycles. The van der Waals surface area contributed by atoms with Gasteiger partial charge in [-0.3, -0.25) is 4.79 Å². The fraction of sp³-hybridized carbons (Fsp3) is 0.333. The van der Waals surface area contributed by atoms with Crippen LogP contribution in [0.3, 0.4) is 0 Å². The lowest BCUT2D eigenvalue weighted by atomic mass is 10.1. The number of carbonyl (C=O) groups is 2. The maximum Gasteiger partial charge on any atom is 0.330 e. The van der Waals surface area contributed by atoms with Gasteiger partial charge in [0.15, 0.2) is 0 Å². The van der Waals surface area contributed by atoms with Gasteiger partial charge in [-0.2, -0.15) is 0 Å². The summed E-state index contributed by atoms with van der Waals surface area (Å²) < 4.78 is 15.4. The molecule has 2 aromatic rings. The second-order valence-corrected chi connectivity index (χ2v) is 6.77. The Morgan fingerprint density at radius 2 is 1.63 bits per heavy atom. The Labute approximate surface area is 178 Å². The summed E-state index contributed by atoms with van der Waals surface area (Å²) in [4.78, 5) is 26.3. The Hall–Kier alpha value is -3.28. The molecule has 30 heavy (non-hydrogen) atoms. The van der Waals surface area contributed by atoms with Crippen LogP contribution in [0.15, 0.2) is 54.6 Å². The number of rotatable bonds is 10. The summed E-state index contributed by atoms with van der Waals surface area (Å²) in [5.74, 6) is 0.568. The summed E-state index contributed by atoms with van der Waals surface area (Å²) >= 11 is 0. The van der Waals surface area contributed by atoms with Gasteiger partial charge in [0.1, 0.15) is 11.5 Å². The molecule has 0 spiro atoms. The van der Waals surface area contributed by atoms with Crippen LogP contribution in [0.1, 0.15) is 27.9 Å². The van der Waals surface area contributed by atoms with Crippen molar-refractivity contribution in [2.24, 2.45) is 0 Å². The standard InChI is InChI=1S/C24H29NO5/c1-18-21(28-2)16-20(17-22(18)29-3)24(27)25(15-9-13-23(26)30-4)14-8-12-19-10-6-5-7-11-19/h5-7,9-11,13,16-17H,8,12,14-15H2,1-4H3/b13-9+. The van der Waals surface area contributed by atoms with E-state index in [0.717, 1.165) is 18.4 Å². The maximum absolute atomic E-state index is 13.2. The molecule has 2 aromatic carbocycles. The van der Waals surface area contributed by atoms with Crippen molar-refractivity contribution in [3.05, 3.63) is 71.3 Å². The zero-order chi connectivity index (χ0) is 21.9. The Bertz CT molecular complexity index is 851. The van der Waals surface area contributed by atoms with Gasteiger partial charge < -0.3 is 19.1 Å². The second kappa shape index (κ2) is 11.7. The van der Waals surface area contributed by atoms with E-state index in [2.05, 4.69) is 16.9 Å². The van der Waals surface area contributed by atoms with Gasteiger partial charge in [0.05, 0.1) is 21.3 Å². The molecule has 0 unspecified atom stereocenters. The molecule has 0 fully saturated rings. The molecular formula is C24H29NO5. The Balaban J connectivity index is 2.20. The number of hydrogen-bond donors (Lipinski definition) is 0. The van der Waals surface area contributed by atoms with Gasteiger partial charge in [0.2, 0.25) is 0 Å². The summed E-state index contributed by atoms with van der Waals surface area (Å²) in [5, 5.41) is 0. The van der Waals surface area contributed by atoms with E-state index in [0.29, 0.717) is 30.2 Å². The highest BCUT2D eigenvalue weighted by Gasteiger charge is 2.19. The molecule has 0 saturated heterocycles. The van der Waals surface area contributed by atoms with Crippen LogP contribution in [0.25, 0.3) is 0 Å². The lowest BCUT2D eigenvalue weighted by molar-refractivity contribution is -0.134. The zero-order valence-corrected chi connectivity index (χ0v) is 18.0. The Morgan fingerprint density at radius 3 is 2.20 bits per heavy atom. The lowest BCUT2D eigenvalue weighted by Gasteiger charge is -2.22. The fourth-order valence-electron chi connectivity index (χ4n) is 3.13. The van der Waals surface area contributed by atoms with Crippen LogP contribution in [0.4, 0.5) is 0 Å². The van der Waals surface area contributed by atoms with Crippen LogP contribution in [0, 0.1) is 6.92 Å². The number of benzene rings is 2. The van der Waals surface area contributed by atoms with E-state index < -0.39 is 5.97 Å². The smallest absolute Gasteiger partial charge is 0.330 e. The predicted octanol–water partition coefficient (Wildman–Crippen LogP) is 3.82. The van der Waals surface area contributed by atoms with Gasteiger partial charge in [-0.05, 0) is 37.5 Å². The van der Waals surface area contributed by atoms with Crippen LogP contribution in [-0.4, -0.2) is 51.2 Å². The normalized spacial score (nSPS) is 10.7. The SMILES string of the molecule is COC(=O)/C=C/CN(CCCc1ccccc1)C(=O)c1cc(OC)c(C)c(OC)c1. The summed E-state index contributed by atoms with van der Waals surface area (Å²) in [7, 11) is 4.44. The number of methoxy groups -OCH3 is 3. The van der Waals surface area contributed by atoms with Crippen LogP contribution in [0.2, 0.25) is 0 Å². The minimum absolute atomic E-state index is 0.158. The number of hydrogen-bond acceptors (Lipinski definition) is 5. The number of nitrogens with zero attached hydrogens (tertiary/aromatic N) is 1. The van der Waals surface area contributed by atoms with Crippen LogP contribution >= 0.6 is 0 Å². The highest BCUT2D eigenvalue weighted by Crippen LogP contribution is 2.30. The van der Waals surface area contributed by atoms with Crippen molar-refractivity contribution in [3.63, 3.8) is 0 Å². The molecule has 6 nitrogen and oxygen atoms in total. The molecule has 0 aliphatic heterocycles. The quantitative estimate of drug-likeness (QED) is 0.439. The minimum atomic E-state index is -0.453. The van der Waals surface area contributed by atoms with E-state index in [1.807, 2.05) is 25.1 Å². The Morgan fingerprint density at radius 1 is 1.00 bits per heavy atom. The van der Waals surface area contributed by atoms with E-state index in [9.17, 15) is 9.59 Å². The number of esters is 1. The molecule has 6 heteroatoms. The maximum atomic E-state index is 13.2. The molecule has 0 atom stereocenters. The van der Waals surface area contributed by atoms with Gasteiger partial charge in [-0.1, -0.05) is 36.4 Å². The largest absolute Gasteiger partial charge is 0.496 e. The van der Waals surface area contributed by atoms with Crippen molar-refractivity contribution in [1.29, 1.82) is 0 Å². The first kappa shape index (κ1) is 23.0. The third kappa shape index (κ3) is 6.37. The van der Waals surface area contributed by atoms with E-state index in [-0.39, 0.29) is 5.91 Å². The third-order valence-electron chi connectivity index (χ3n) is 4.80. The van der Waals surface area contributed by atoms with Crippen molar-refractivity contribution in [2.75, 3.05) is 34.4 Å². The van der Waals surface area contributed by atoms with Gasteiger partial charge in [-0.25, -0.2) is 4.79 Å². The molecule has 0 bridgehead atoms. The number of aryl methyl sites for hydroxylation is 1. The van der Waals surface area contributed by atoms with Crippen LogP contribution < -0.4 is 9.47 Å². The first-order chi connectivity index (χ1) is 14.5. The molecule has 2 rings (SSSR count). The molecule has 0 aromatic heterocycles. The highest BCUT2D eigenvalue weighted by molar-refractivity contribution is 5.95. The van der Waals surface area contributed by atoms with Crippen molar-refractivity contribution in [3.8, 4) is 11.5 Å². The van der Waals surface area contributed by atoms with Crippen molar-refractivity contribution >= 4 is 11.9 Å². The van der Waals surface area contributed by atoms with E-state index >= 15 is 0 Å². The molecule has 1 amide bonds. The second-order valence-electron chi connectivity index (χ2n) is 6.77. The zero-order valence-electron chi connectivity index (χ0n) is 18.0. The molecule has 0 saturated carbocycles. The molecule has 160 valence electrons. The lowest BCUT2D eigenvalue weighted by Crippen LogP contribution is -2.32. The van der Waals surface area contributed by atoms with Crippen LogP contribution in [0.5, 0.6) is 11.5 Å². The summed E-state index contributed by atoms with van der Waals surface area (Å²) in [6.45, 7) is 2.71. The monoisotopic (exact) mass is 411 g/mol. The fourth-order valence-corrected chi connectivity index (χ4v) is 3.13. The van der Waals surface area contributed by atoms with Gasteiger partial charge in [0, 0.05) is 30.3 Å². The first-order valence-corrected chi connectivity index (χ1v) is 9.80. The van der Waals surface area contributed by atoms with Crippen molar-refractivity contribution in [2.45, 2.75) is 19.8 Å². The average molecular weight is 411 g/mol. The first-order valence-electron chi connectivity index (χ1n) is 9.80. The van der Waals surface area contributed by atoms with E-state index in [1.165, 1.54) is 18.7 Å². The van der Waals surface area contributed by atoms with E-state index in [1.54, 1.807) is 37.3 Å². The molecule has 0 N–H and O–H groups in total. The molecular weight excluding hydrogens is 382 g/mol.